The summed E-state index contributed by atoms with van der Waals surface area (Å²) in [6, 6.07) is 22.0. The molecule has 1 unspecified atom stereocenters. The first-order chi connectivity index (χ1) is 15.1. The zero-order valence-electron chi connectivity index (χ0n) is 17.0. The monoisotopic (exact) mass is 435 g/mol. The SMILES string of the molecule is O=C(Nc1ccccc1)Nc1ccc(C(=O)N2CCC(C(O)c3ccccc3)CC2)s1. The zero-order valence-corrected chi connectivity index (χ0v) is 17.8. The highest BCUT2D eigenvalue weighted by Gasteiger charge is 2.29. The summed E-state index contributed by atoms with van der Waals surface area (Å²) < 4.78 is 0. The van der Waals surface area contributed by atoms with Gasteiger partial charge in [0.15, 0.2) is 0 Å². The normalized spacial score (nSPS) is 15.3. The van der Waals surface area contributed by atoms with Gasteiger partial charge in [-0.2, -0.15) is 0 Å². The highest BCUT2D eigenvalue weighted by Crippen LogP contribution is 2.32. The largest absolute Gasteiger partial charge is 0.388 e. The predicted molar refractivity (Wildman–Crippen MR) is 123 cm³/mol. The molecule has 1 aliphatic heterocycles. The van der Waals surface area contributed by atoms with Gasteiger partial charge in [-0.25, -0.2) is 4.79 Å². The van der Waals surface area contributed by atoms with Crippen LogP contribution in [0.3, 0.4) is 0 Å². The Morgan fingerprint density at radius 2 is 1.55 bits per heavy atom. The molecule has 1 aliphatic rings. The summed E-state index contributed by atoms with van der Waals surface area (Å²) in [4.78, 5) is 27.4. The lowest BCUT2D eigenvalue weighted by molar-refractivity contribution is 0.0465. The number of hydrogen-bond acceptors (Lipinski definition) is 4. The van der Waals surface area contributed by atoms with Crippen molar-refractivity contribution in [1.29, 1.82) is 0 Å². The van der Waals surface area contributed by atoms with E-state index in [1.165, 1.54) is 11.3 Å². The third kappa shape index (κ3) is 5.31. The standard InChI is InChI=1S/C24H25N3O3S/c28-22(17-7-3-1-4-8-17)18-13-15-27(16-14-18)23(29)20-11-12-21(31-20)26-24(30)25-19-9-5-2-6-10-19/h1-12,18,22,28H,13-16H2,(H2,25,26,30). The van der Waals surface area contributed by atoms with Crippen LogP contribution >= 0.6 is 11.3 Å². The topological polar surface area (TPSA) is 81.7 Å². The second kappa shape index (κ2) is 9.76. The summed E-state index contributed by atoms with van der Waals surface area (Å²) in [5.41, 5.74) is 1.63. The van der Waals surface area contributed by atoms with Crippen LogP contribution in [0.25, 0.3) is 0 Å². The molecule has 0 saturated carbocycles. The molecule has 160 valence electrons. The van der Waals surface area contributed by atoms with Crippen molar-refractivity contribution in [3.63, 3.8) is 0 Å². The van der Waals surface area contributed by atoms with Crippen LogP contribution in [0.5, 0.6) is 0 Å². The number of carbonyl (C=O) groups excluding carboxylic acids is 2. The lowest BCUT2D eigenvalue weighted by atomic mass is 9.87. The molecule has 0 aliphatic carbocycles. The van der Waals surface area contributed by atoms with E-state index in [-0.39, 0.29) is 17.9 Å². The molecule has 0 radical (unpaired) electrons. The minimum absolute atomic E-state index is 0.0332. The Hall–Kier alpha value is -3.16. The summed E-state index contributed by atoms with van der Waals surface area (Å²) >= 11 is 1.26. The van der Waals surface area contributed by atoms with E-state index in [4.69, 9.17) is 0 Å². The van der Waals surface area contributed by atoms with E-state index in [9.17, 15) is 14.7 Å². The van der Waals surface area contributed by atoms with Crippen molar-refractivity contribution < 1.29 is 14.7 Å². The molecule has 0 bridgehead atoms. The van der Waals surface area contributed by atoms with Gasteiger partial charge in [-0.05, 0) is 48.6 Å². The fourth-order valence-corrected chi connectivity index (χ4v) is 4.68. The minimum atomic E-state index is -0.501. The maximum absolute atomic E-state index is 12.9. The first-order valence-electron chi connectivity index (χ1n) is 10.4. The van der Waals surface area contributed by atoms with Gasteiger partial charge in [-0.1, -0.05) is 48.5 Å². The number of thiophene rings is 1. The quantitative estimate of drug-likeness (QED) is 0.529. The van der Waals surface area contributed by atoms with Gasteiger partial charge in [0.25, 0.3) is 5.91 Å². The van der Waals surface area contributed by atoms with E-state index < -0.39 is 6.10 Å². The zero-order chi connectivity index (χ0) is 21.6. The summed E-state index contributed by atoms with van der Waals surface area (Å²) in [6.07, 6.45) is 1.02. The lowest BCUT2D eigenvalue weighted by Crippen LogP contribution is -2.39. The minimum Gasteiger partial charge on any atom is -0.388 e. The third-order valence-corrected chi connectivity index (χ3v) is 6.49. The van der Waals surface area contributed by atoms with Crippen molar-refractivity contribution in [2.24, 2.45) is 5.92 Å². The van der Waals surface area contributed by atoms with E-state index >= 15 is 0 Å². The number of nitrogens with one attached hydrogen (secondary N) is 2. The Kier molecular flexibility index (Phi) is 6.64. The number of aliphatic hydroxyl groups excluding tert-OH is 1. The molecule has 0 spiro atoms. The van der Waals surface area contributed by atoms with Gasteiger partial charge < -0.3 is 15.3 Å². The number of para-hydroxylation sites is 1. The molecule has 2 heterocycles. The third-order valence-electron chi connectivity index (χ3n) is 5.50. The van der Waals surface area contributed by atoms with Gasteiger partial charge >= 0.3 is 6.03 Å². The second-order valence-corrected chi connectivity index (χ2v) is 8.68. The maximum Gasteiger partial charge on any atom is 0.324 e. The number of carbonyl (C=O) groups is 2. The van der Waals surface area contributed by atoms with Crippen LogP contribution in [0.15, 0.2) is 72.8 Å². The van der Waals surface area contributed by atoms with E-state index in [0.29, 0.717) is 28.7 Å². The van der Waals surface area contributed by atoms with Gasteiger partial charge in [0.05, 0.1) is 16.0 Å². The predicted octanol–water partition coefficient (Wildman–Crippen LogP) is 4.98. The van der Waals surface area contributed by atoms with Crippen molar-refractivity contribution in [3.05, 3.63) is 83.2 Å². The molecule has 4 rings (SSSR count). The average molecular weight is 436 g/mol. The Morgan fingerprint density at radius 1 is 0.903 bits per heavy atom. The Labute approximate surface area is 185 Å². The number of benzene rings is 2. The van der Waals surface area contributed by atoms with E-state index in [1.54, 1.807) is 24.3 Å². The molecular weight excluding hydrogens is 410 g/mol. The van der Waals surface area contributed by atoms with Crippen LogP contribution in [0.2, 0.25) is 0 Å². The Balaban J connectivity index is 1.29. The molecule has 7 heteroatoms. The fourth-order valence-electron chi connectivity index (χ4n) is 3.81. The van der Waals surface area contributed by atoms with Crippen molar-refractivity contribution in [2.75, 3.05) is 23.7 Å². The van der Waals surface area contributed by atoms with Gasteiger partial charge in [-0.3, -0.25) is 10.1 Å². The van der Waals surface area contributed by atoms with Gasteiger partial charge in [0.2, 0.25) is 0 Å². The summed E-state index contributed by atoms with van der Waals surface area (Å²) in [5, 5.41) is 16.8. The molecule has 31 heavy (non-hydrogen) atoms. The van der Waals surface area contributed by atoms with Crippen molar-refractivity contribution in [3.8, 4) is 0 Å². The molecule has 1 atom stereocenters. The van der Waals surface area contributed by atoms with E-state index in [2.05, 4.69) is 10.6 Å². The lowest BCUT2D eigenvalue weighted by Gasteiger charge is -2.34. The number of anilines is 2. The molecule has 1 aromatic heterocycles. The number of rotatable bonds is 5. The smallest absolute Gasteiger partial charge is 0.324 e. The molecule has 3 N–H and O–H groups in total. The average Bonchev–Trinajstić information content (AvgIpc) is 3.27. The molecular formula is C24H25N3O3S. The Morgan fingerprint density at radius 3 is 2.23 bits per heavy atom. The first-order valence-corrected chi connectivity index (χ1v) is 11.2. The summed E-state index contributed by atoms with van der Waals surface area (Å²) in [7, 11) is 0. The number of likely N-dealkylation sites (tertiary alicyclic amines) is 1. The number of amides is 3. The van der Waals surface area contributed by atoms with Gasteiger partial charge in [0, 0.05) is 18.8 Å². The van der Waals surface area contributed by atoms with Crippen LogP contribution in [0.1, 0.15) is 34.2 Å². The van der Waals surface area contributed by atoms with Crippen LogP contribution in [0.4, 0.5) is 15.5 Å². The molecule has 1 fully saturated rings. The van der Waals surface area contributed by atoms with E-state index in [0.717, 1.165) is 18.4 Å². The molecule has 6 nitrogen and oxygen atoms in total. The number of nitrogens with zero attached hydrogens (tertiary/aromatic N) is 1. The number of urea groups is 1. The van der Waals surface area contributed by atoms with Gasteiger partial charge in [-0.15, -0.1) is 11.3 Å². The second-order valence-electron chi connectivity index (χ2n) is 7.59. The molecule has 3 amide bonds. The molecule has 1 saturated heterocycles. The van der Waals surface area contributed by atoms with Crippen LogP contribution in [0, 0.1) is 5.92 Å². The summed E-state index contributed by atoms with van der Waals surface area (Å²) in [6.45, 7) is 1.23. The number of aliphatic hydroxyl groups is 1. The highest BCUT2D eigenvalue weighted by atomic mass is 32.1. The highest BCUT2D eigenvalue weighted by molar-refractivity contribution is 7.18. The van der Waals surface area contributed by atoms with Crippen LogP contribution in [-0.2, 0) is 0 Å². The van der Waals surface area contributed by atoms with Crippen molar-refractivity contribution in [2.45, 2.75) is 18.9 Å². The van der Waals surface area contributed by atoms with Crippen LogP contribution < -0.4 is 10.6 Å². The van der Waals surface area contributed by atoms with Crippen molar-refractivity contribution >= 4 is 34.0 Å². The summed E-state index contributed by atoms with van der Waals surface area (Å²) in [5.74, 6) is 0.114. The number of hydrogen-bond donors (Lipinski definition) is 3. The fraction of sp³-hybridized carbons (Fsp3) is 0.250. The molecule has 3 aromatic rings. The van der Waals surface area contributed by atoms with E-state index in [1.807, 2.05) is 53.4 Å². The van der Waals surface area contributed by atoms with Crippen LogP contribution in [-0.4, -0.2) is 35.0 Å². The maximum atomic E-state index is 12.9. The first kappa shape index (κ1) is 21.1. The van der Waals surface area contributed by atoms with Crippen molar-refractivity contribution in [1.82, 2.24) is 4.90 Å². The molecule has 2 aromatic carbocycles. The number of piperidine rings is 1. The Bertz CT molecular complexity index is 1010. The van der Waals surface area contributed by atoms with Gasteiger partial charge in [0.1, 0.15) is 0 Å².